The minimum atomic E-state index is -1.62. The zero-order valence-corrected chi connectivity index (χ0v) is 48.6. The SMILES string of the molecule is CCCCCCCCCC/C=C\CCCCCCCCCCCCCCCCCCCCCCCC(=O)OC(COC(=O)CCCCCCCCCCCCCCCC)COC(OCC[N+](C)(C)C)C(=O)[O-]. The van der Waals surface area contributed by atoms with Gasteiger partial charge in [0.25, 0.3) is 0 Å². The fraction of sp³-hybridized carbons (Fsp3) is 0.921. The summed E-state index contributed by atoms with van der Waals surface area (Å²) in [4.78, 5) is 37.3. The number of carbonyl (C=O) groups excluding carboxylic acids is 3. The van der Waals surface area contributed by atoms with E-state index in [4.69, 9.17) is 18.9 Å². The molecule has 426 valence electrons. The third kappa shape index (κ3) is 55.8. The predicted molar refractivity (Wildman–Crippen MR) is 302 cm³/mol. The van der Waals surface area contributed by atoms with E-state index in [2.05, 4.69) is 26.0 Å². The zero-order valence-electron chi connectivity index (χ0n) is 48.6. The average molecular weight is 1020 g/mol. The highest BCUT2D eigenvalue weighted by molar-refractivity contribution is 5.70. The van der Waals surface area contributed by atoms with E-state index >= 15 is 0 Å². The summed E-state index contributed by atoms with van der Waals surface area (Å²) in [6, 6.07) is 0. The molecule has 0 radical (unpaired) electrons. The third-order valence-corrected chi connectivity index (χ3v) is 14.3. The standard InChI is InChI=1S/C63H121NO8/c1-6-8-10-12-14-16-18-20-22-23-24-25-26-27-28-29-30-31-32-33-34-35-36-37-38-39-40-42-44-46-48-50-52-54-61(66)72-59(58-71-63(62(67)68)69-56-55-64(3,4)5)57-70-60(65)53-51-49-47-45-43-41-21-19-17-15-13-11-9-7-2/h23-24,59,63H,6-22,25-58H2,1-5H3/b24-23-. The van der Waals surface area contributed by atoms with Crippen LogP contribution in [-0.2, 0) is 33.3 Å². The number of hydrogen-bond acceptors (Lipinski definition) is 8. The van der Waals surface area contributed by atoms with E-state index < -0.39 is 24.3 Å². The third-order valence-electron chi connectivity index (χ3n) is 14.3. The van der Waals surface area contributed by atoms with Crippen molar-refractivity contribution in [3.8, 4) is 0 Å². The van der Waals surface area contributed by atoms with Crippen molar-refractivity contribution in [2.75, 3.05) is 47.5 Å². The molecule has 0 aromatic carbocycles. The van der Waals surface area contributed by atoms with E-state index in [-0.39, 0.29) is 32.2 Å². The van der Waals surface area contributed by atoms with Crippen molar-refractivity contribution in [1.82, 2.24) is 0 Å². The summed E-state index contributed by atoms with van der Waals surface area (Å²) in [6.07, 6.45) is 61.4. The number of esters is 2. The Hall–Kier alpha value is -1.97. The van der Waals surface area contributed by atoms with Crippen molar-refractivity contribution in [1.29, 1.82) is 0 Å². The van der Waals surface area contributed by atoms with Crippen molar-refractivity contribution in [3.05, 3.63) is 12.2 Å². The summed E-state index contributed by atoms with van der Waals surface area (Å²) in [7, 11) is 5.93. The summed E-state index contributed by atoms with van der Waals surface area (Å²) in [6.45, 7) is 4.80. The molecule has 0 saturated heterocycles. The number of hydrogen-bond donors (Lipinski definition) is 0. The van der Waals surface area contributed by atoms with E-state index in [0.717, 1.165) is 38.5 Å². The van der Waals surface area contributed by atoms with Crippen molar-refractivity contribution in [3.63, 3.8) is 0 Å². The Bertz CT molecular complexity index is 1190. The maximum atomic E-state index is 12.9. The van der Waals surface area contributed by atoms with Gasteiger partial charge in [0, 0.05) is 12.8 Å². The summed E-state index contributed by atoms with van der Waals surface area (Å²) >= 11 is 0. The Labute approximate surface area is 446 Å². The van der Waals surface area contributed by atoms with Gasteiger partial charge >= 0.3 is 11.9 Å². The van der Waals surface area contributed by atoms with Crippen LogP contribution in [0.3, 0.4) is 0 Å². The molecule has 2 unspecified atom stereocenters. The second kappa shape index (κ2) is 55.3. The minimum Gasteiger partial charge on any atom is -0.545 e. The number of allylic oxidation sites excluding steroid dienone is 2. The number of carboxylic acid groups (broad SMARTS) is 1. The summed E-state index contributed by atoms with van der Waals surface area (Å²) in [5.74, 6) is -2.26. The Morgan fingerprint density at radius 3 is 1.03 bits per heavy atom. The summed E-state index contributed by atoms with van der Waals surface area (Å²) < 4.78 is 22.7. The largest absolute Gasteiger partial charge is 0.545 e. The molecule has 0 aromatic rings. The normalized spacial score (nSPS) is 12.7. The molecule has 0 heterocycles. The second-order valence-electron chi connectivity index (χ2n) is 22.7. The van der Waals surface area contributed by atoms with Crippen LogP contribution in [0.15, 0.2) is 12.2 Å². The quantitative estimate of drug-likeness (QED) is 0.0195. The van der Waals surface area contributed by atoms with E-state index in [1.807, 2.05) is 21.1 Å². The van der Waals surface area contributed by atoms with Gasteiger partial charge in [0.05, 0.1) is 40.3 Å². The average Bonchev–Trinajstić information content (AvgIpc) is 3.35. The first kappa shape index (κ1) is 70.0. The van der Waals surface area contributed by atoms with Gasteiger partial charge in [-0.2, -0.15) is 0 Å². The predicted octanol–water partition coefficient (Wildman–Crippen LogP) is 17.2. The van der Waals surface area contributed by atoms with Crippen LogP contribution in [0.1, 0.15) is 316 Å². The number of carboxylic acids is 1. The highest BCUT2D eigenvalue weighted by atomic mass is 16.7. The Kier molecular flexibility index (Phi) is 53.8. The Balaban J connectivity index is 4.01. The van der Waals surface area contributed by atoms with E-state index in [1.165, 1.54) is 250 Å². The van der Waals surface area contributed by atoms with Gasteiger partial charge < -0.3 is 33.3 Å². The van der Waals surface area contributed by atoms with Gasteiger partial charge in [0.2, 0.25) is 0 Å². The highest BCUT2D eigenvalue weighted by Crippen LogP contribution is 2.18. The monoisotopic (exact) mass is 1020 g/mol. The number of likely N-dealkylation sites (N-methyl/N-ethyl adjacent to an activating group) is 1. The molecule has 0 N–H and O–H groups in total. The number of aliphatic carboxylic acids is 1. The van der Waals surface area contributed by atoms with Gasteiger partial charge in [0.15, 0.2) is 12.4 Å². The lowest BCUT2D eigenvalue weighted by molar-refractivity contribution is -0.870. The van der Waals surface area contributed by atoms with Crippen molar-refractivity contribution in [2.24, 2.45) is 0 Å². The molecule has 0 fully saturated rings. The summed E-state index contributed by atoms with van der Waals surface area (Å²) in [5.41, 5.74) is 0. The first-order chi connectivity index (χ1) is 35.1. The van der Waals surface area contributed by atoms with Gasteiger partial charge in [0.1, 0.15) is 13.2 Å². The van der Waals surface area contributed by atoms with Crippen LogP contribution in [0.2, 0.25) is 0 Å². The Morgan fingerprint density at radius 1 is 0.403 bits per heavy atom. The van der Waals surface area contributed by atoms with E-state index in [1.54, 1.807) is 0 Å². The number of quaternary nitrogens is 1. The van der Waals surface area contributed by atoms with Crippen molar-refractivity contribution < 1.29 is 42.9 Å². The smallest absolute Gasteiger partial charge is 0.306 e. The highest BCUT2D eigenvalue weighted by Gasteiger charge is 2.22. The fourth-order valence-electron chi connectivity index (χ4n) is 9.42. The van der Waals surface area contributed by atoms with Crippen LogP contribution >= 0.6 is 0 Å². The number of nitrogens with zero attached hydrogens (tertiary/aromatic N) is 1. The molecule has 0 aliphatic rings. The van der Waals surface area contributed by atoms with Gasteiger partial charge in [-0.3, -0.25) is 9.59 Å². The molecule has 9 nitrogen and oxygen atoms in total. The molecule has 0 rings (SSSR count). The molecule has 0 spiro atoms. The number of unbranched alkanes of at least 4 members (excludes halogenated alkanes) is 42. The molecular weight excluding hydrogens is 899 g/mol. The van der Waals surface area contributed by atoms with Gasteiger partial charge in [-0.15, -0.1) is 0 Å². The molecular formula is C63H121NO8. The van der Waals surface area contributed by atoms with Crippen LogP contribution < -0.4 is 5.11 Å². The van der Waals surface area contributed by atoms with Crippen molar-refractivity contribution in [2.45, 2.75) is 328 Å². The van der Waals surface area contributed by atoms with Gasteiger partial charge in [-0.1, -0.05) is 276 Å². The lowest BCUT2D eigenvalue weighted by Crippen LogP contribution is -2.44. The molecule has 2 atom stereocenters. The Morgan fingerprint density at radius 2 is 0.708 bits per heavy atom. The minimum absolute atomic E-state index is 0.152. The van der Waals surface area contributed by atoms with Gasteiger partial charge in [-0.25, -0.2) is 0 Å². The number of rotatable bonds is 59. The second-order valence-corrected chi connectivity index (χ2v) is 22.7. The zero-order chi connectivity index (χ0) is 52.7. The number of carbonyl (C=O) groups is 3. The molecule has 0 aliphatic carbocycles. The van der Waals surface area contributed by atoms with Crippen LogP contribution in [-0.4, -0.2) is 82.3 Å². The lowest BCUT2D eigenvalue weighted by Gasteiger charge is -2.26. The topological polar surface area (TPSA) is 111 Å². The molecule has 9 heteroatoms. The van der Waals surface area contributed by atoms with Crippen molar-refractivity contribution >= 4 is 17.9 Å². The van der Waals surface area contributed by atoms with E-state index in [0.29, 0.717) is 17.4 Å². The maximum absolute atomic E-state index is 12.9. The lowest BCUT2D eigenvalue weighted by atomic mass is 10.0. The first-order valence-corrected chi connectivity index (χ1v) is 31.3. The van der Waals surface area contributed by atoms with Gasteiger partial charge in [-0.05, 0) is 38.5 Å². The molecule has 0 aromatic heterocycles. The molecule has 0 saturated carbocycles. The molecule has 0 aliphatic heterocycles. The van der Waals surface area contributed by atoms with Crippen LogP contribution in [0, 0.1) is 0 Å². The van der Waals surface area contributed by atoms with Crippen LogP contribution in [0.4, 0.5) is 0 Å². The molecule has 72 heavy (non-hydrogen) atoms. The van der Waals surface area contributed by atoms with E-state index in [9.17, 15) is 19.5 Å². The molecule has 0 amide bonds. The number of ether oxygens (including phenoxy) is 4. The fourth-order valence-corrected chi connectivity index (χ4v) is 9.42. The summed E-state index contributed by atoms with van der Waals surface area (Å²) in [5, 5.41) is 11.8. The van der Waals surface area contributed by atoms with Crippen LogP contribution in [0.25, 0.3) is 0 Å². The van der Waals surface area contributed by atoms with Crippen LogP contribution in [0.5, 0.6) is 0 Å². The molecule has 0 bridgehead atoms. The maximum Gasteiger partial charge on any atom is 0.306 e. The first-order valence-electron chi connectivity index (χ1n) is 31.3.